The van der Waals surface area contributed by atoms with Crippen molar-refractivity contribution in [1.29, 1.82) is 0 Å². The zero-order valence-corrected chi connectivity index (χ0v) is 13.0. The second-order valence-corrected chi connectivity index (χ2v) is 5.93. The van der Waals surface area contributed by atoms with Crippen molar-refractivity contribution in [3.8, 4) is 0 Å². The molecule has 0 aromatic carbocycles. The van der Waals surface area contributed by atoms with Crippen LogP contribution in [0.25, 0.3) is 0 Å². The first kappa shape index (κ1) is 15.1. The summed E-state index contributed by atoms with van der Waals surface area (Å²) in [6.07, 6.45) is 9.08. The quantitative estimate of drug-likeness (QED) is 0.744. The number of nitrogens with zero attached hydrogens (tertiary/aromatic N) is 2. The van der Waals surface area contributed by atoms with Crippen LogP contribution in [0.2, 0.25) is 0 Å². The summed E-state index contributed by atoms with van der Waals surface area (Å²) >= 11 is 0. The SMILES string of the molecule is COC1=N[C@H](C(C)C)C(OC)=N[C@H]1C[C@@H]1CC=CCC1. The lowest BCUT2D eigenvalue weighted by Gasteiger charge is -2.29. The van der Waals surface area contributed by atoms with Gasteiger partial charge in [-0.25, -0.2) is 9.98 Å². The second kappa shape index (κ2) is 6.91. The van der Waals surface area contributed by atoms with Crippen molar-refractivity contribution in [3.05, 3.63) is 12.2 Å². The normalized spacial score (nSPS) is 29.9. The molecule has 2 rings (SSSR count). The molecule has 0 bridgehead atoms. The average molecular weight is 278 g/mol. The largest absolute Gasteiger partial charge is 0.483 e. The van der Waals surface area contributed by atoms with E-state index in [2.05, 4.69) is 26.0 Å². The van der Waals surface area contributed by atoms with Crippen molar-refractivity contribution >= 4 is 11.8 Å². The topological polar surface area (TPSA) is 43.2 Å². The van der Waals surface area contributed by atoms with Gasteiger partial charge in [-0.15, -0.1) is 0 Å². The monoisotopic (exact) mass is 278 g/mol. The van der Waals surface area contributed by atoms with Crippen LogP contribution in [0, 0.1) is 11.8 Å². The molecule has 0 aromatic rings. The van der Waals surface area contributed by atoms with Crippen molar-refractivity contribution in [2.75, 3.05) is 14.2 Å². The fourth-order valence-electron chi connectivity index (χ4n) is 2.90. The summed E-state index contributed by atoms with van der Waals surface area (Å²) in [5.41, 5.74) is 0. The highest BCUT2D eigenvalue weighted by atomic mass is 16.5. The third-order valence-electron chi connectivity index (χ3n) is 4.07. The highest BCUT2D eigenvalue weighted by molar-refractivity contribution is 5.94. The highest BCUT2D eigenvalue weighted by Crippen LogP contribution is 2.27. The maximum Gasteiger partial charge on any atom is 0.209 e. The third kappa shape index (κ3) is 3.41. The van der Waals surface area contributed by atoms with Crippen LogP contribution < -0.4 is 0 Å². The van der Waals surface area contributed by atoms with Crippen molar-refractivity contribution in [2.45, 2.75) is 51.6 Å². The van der Waals surface area contributed by atoms with Crippen LogP contribution in [0.5, 0.6) is 0 Å². The lowest BCUT2D eigenvalue weighted by atomic mass is 9.88. The van der Waals surface area contributed by atoms with E-state index in [-0.39, 0.29) is 12.1 Å². The molecule has 0 aromatic heterocycles. The number of aliphatic imine (C=N–C) groups is 2. The first-order valence-corrected chi connectivity index (χ1v) is 7.54. The molecule has 0 saturated heterocycles. The Balaban J connectivity index is 2.12. The van der Waals surface area contributed by atoms with Crippen LogP contribution in [-0.2, 0) is 9.47 Å². The second-order valence-electron chi connectivity index (χ2n) is 5.93. The number of allylic oxidation sites excluding steroid dienone is 2. The van der Waals surface area contributed by atoms with Gasteiger partial charge in [0, 0.05) is 0 Å². The number of rotatable bonds is 3. The lowest BCUT2D eigenvalue weighted by Crippen LogP contribution is -2.38. The van der Waals surface area contributed by atoms with Crippen LogP contribution >= 0.6 is 0 Å². The van der Waals surface area contributed by atoms with Crippen molar-refractivity contribution < 1.29 is 9.47 Å². The summed E-state index contributed by atoms with van der Waals surface area (Å²) in [6.45, 7) is 4.25. The van der Waals surface area contributed by atoms with Gasteiger partial charge in [0.1, 0.15) is 12.1 Å². The molecule has 0 unspecified atom stereocenters. The average Bonchev–Trinajstić information content (AvgIpc) is 2.47. The van der Waals surface area contributed by atoms with Crippen LogP contribution in [0.4, 0.5) is 0 Å². The van der Waals surface area contributed by atoms with Crippen molar-refractivity contribution in [3.63, 3.8) is 0 Å². The summed E-state index contributed by atoms with van der Waals surface area (Å²) in [6, 6.07) is -0.00102. The molecule has 1 heterocycles. The van der Waals surface area contributed by atoms with E-state index in [0.29, 0.717) is 11.8 Å². The summed E-state index contributed by atoms with van der Waals surface area (Å²) in [5, 5.41) is 0. The van der Waals surface area contributed by atoms with E-state index in [4.69, 9.17) is 19.5 Å². The molecule has 112 valence electrons. The number of hydrogen-bond acceptors (Lipinski definition) is 4. The molecule has 0 saturated carbocycles. The number of hydrogen-bond donors (Lipinski definition) is 0. The molecule has 0 N–H and O–H groups in total. The van der Waals surface area contributed by atoms with Gasteiger partial charge in [-0.05, 0) is 37.5 Å². The Bertz CT molecular complexity index is 413. The van der Waals surface area contributed by atoms with Gasteiger partial charge in [0.05, 0.1) is 14.2 Å². The van der Waals surface area contributed by atoms with E-state index in [9.17, 15) is 0 Å². The van der Waals surface area contributed by atoms with Crippen LogP contribution in [0.1, 0.15) is 39.5 Å². The zero-order chi connectivity index (χ0) is 14.5. The van der Waals surface area contributed by atoms with E-state index in [1.54, 1.807) is 14.2 Å². The van der Waals surface area contributed by atoms with Crippen LogP contribution in [0.15, 0.2) is 22.1 Å². The highest BCUT2D eigenvalue weighted by Gasteiger charge is 2.32. The minimum atomic E-state index is -0.0162. The Morgan fingerprint density at radius 1 is 1.15 bits per heavy atom. The maximum absolute atomic E-state index is 5.49. The van der Waals surface area contributed by atoms with Crippen molar-refractivity contribution in [2.24, 2.45) is 21.8 Å². The van der Waals surface area contributed by atoms with Gasteiger partial charge < -0.3 is 9.47 Å². The van der Waals surface area contributed by atoms with E-state index in [1.807, 2.05) is 0 Å². The molecule has 1 aliphatic heterocycles. The fraction of sp³-hybridized carbons (Fsp3) is 0.750. The Morgan fingerprint density at radius 3 is 2.45 bits per heavy atom. The van der Waals surface area contributed by atoms with E-state index in [0.717, 1.165) is 24.6 Å². The first-order valence-electron chi connectivity index (χ1n) is 7.54. The van der Waals surface area contributed by atoms with E-state index < -0.39 is 0 Å². The molecular formula is C16H26N2O2. The predicted molar refractivity (Wildman–Crippen MR) is 82.4 cm³/mol. The van der Waals surface area contributed by atoms with Crippen molar-refractivity contribution in [1.82, 2.24) is 0 Å². The Hall–Kier alpha value is -1.32. The smallest absolute Gasteiger partial charge is 0.209 e. The lowest BCUT2D eigenvalue weighted by molar-refractivity contribution is 0.318. The molecule has 20 heavy (non-hydrogen) atoms. The van der Waals surface area contributed by atoms with Gasteiger partial charge in [-0.3, -0.25) is 0 Å². The minimum Gasteiger partial charge on any atom is -0.483 e. The van der Waals surface area contributed by atoms with Gasteiger partial charge in [-0.2, -0.15) is 0 Å². The van der Waals surface area contributed by atoms with Gasteiger partial charge >= 0.3 is 0 Å². The molecule has 3 atom stereocenters. The number of ether oxygens (including phenoxy) is 2. The van der Waals surface area contributed by atoms with E-state index in [1.165, 1.54) is 12.8 Å². The summed E-state index contributed by atoms with van der Waals surface area (Å²) in [5.74, 6) is 2.54. The summed E-state index contributed by atoms with van der Waals surface area (Å²) < 4.78 is 10.9. The first-order chi connectivity index (χ1) is 9.65. The molecular weight excluding hydrogens is 252 g/mol. The Labute approximate surface area is 122 Å². The summed E-state index contributed by atoms with van der Waals surface area (Å²) in [4.78, 5) is 9.48. The van der Waals surface area contributed by atoms with E-state index >= 15 is 0 Å². The fourth-order valence-corrected chi connectivity index (χ4v) is 2.90. The molecule has 2 aliphatic rings. The third-order valence-corrected chi connectivity index (χ3v) is 4.07. The van der Waals surface area contributed by atoms with Gasteiger partial charge in [0.2, 0.25) is 11.8 Å². The van der Waals surface area contributed by atoms with Gasteiger partial charge in [0.15, 0.2) is 0 Å². The summed E-state index contributed by atoms with van der Waals surface area (Å²) in [7, 11) is 3.37. The number of methoxy groups -OCH3 is 2. The molecule has 0 spiro atoms. The Morgan fingerprint density at radius 2 is 1.90 bits per heavy atom. The van der Waals surface area contributed by atoms with Gasteiger partial charge in [-0.1, -0.05) is 26.0 Å². The molecule has 4 heteroatoms. The zero-order valence-electron chi connectivity index (χ0n) is 13.0. The maximum atomic E-state index is 5.49. The van der Waals surface area contributed by atoms with Crippen LogP contribution in [-0.4, -0.2) is 38.1 Å². The minimum absolute atomic E-state index is 0.0152. The molecule has 0 fully saturated rings. The molecule has 1 aliphatic carbocycles. The molecule has 4 nitrogen and oxygen atoms in total. The Kier molecular flexibility index (Phi) is 5.21. The molecule has 0 amide bonds. The van der Waals surface area contributed by atoms with Crippen LogP contribution in [0.3, 0.4) is 0 Å². The van der Waals surface area contributed by atoms with Gasteiger partial charge in [0.25, 0.3) is 0 Å². The molecule has 0 radical (unpaired) electrons. The predicted octanol–water partition coefficient (Wildman–Crippen LogP) is 3.23. The standard InChI is InChI=1S/C16H26N2O2/c1-11(2)14-16(20-4)17-13(15(18-14)19-3)10-12-8-6-5-7-9-12/h5-6,11-14H,7-10H2,1-4H3/t12-,13+,14-/m1/s1.